The van der Waals surface area contributed by atoms with Gasteiger partial charge >= 0.3 is 0 Å². The molecule has 1 aliphatic rings. The first-order valence-corrected chi connectivity index (χ1v) is 8.38. The molecule has 2 aromatic heterocycles. The first-order valence-electron chi connectivity index (χ1n) is 8.00. The Morgan fingerprint density at radius 2 is 2.04 bits per heavy atom. The summed E-state index contributed by atoms with van der Waals surface area (Å²) in [5, 5.41) is 13.3. The lowest BCUT2D eigenvalue weighted by Crippen LogP contribution is -2.38. The third kappa shape index (κ3) is 2.80. The van der Waals surface area contributed by atoms with E-state index in [0.717, 1.165) is 22.9 Å². The second-order valence-corrected chi connectivity index (χ2v) is 6.58. The van der Waals surface area contributed by atoms with E-state index >= 15 is 0 Å². The van der Waals surface area contributed by atoms with Gasteiger partial charge in [0.05, 0.1) is 17.1 Å². The van der Waals surface area contributed by atoms with E-state index in [4.69, 9.17) is 11.6 Å². The minimum Gasteiger partial charge on any atom is -0.329 e. The summed E-state index contributed by atoms with van der Waals surface area (Å²) in [5.74, 6) is 1.40. The standard InChI is InChI=1S/C17H17ClN6O/c1-11-3-4-12(13(18)9-11)17(25)23-7-8-24-15(10-23)19-20-16(24)14-5-6-22(2)21-14/h3-6,9H,7-8,10H2,1-2H3. The fourth-order valence-corrected chi connectivity index (χ4v) is 3.33. The number of hydrogen-bond donors (Lipinski definition) is 0. The molecule has 1 aliphatic heterocycles. The monoisotopic (exact) mass is 356 g/mol. The Kier molecular flexibility index (Phi) is 3.80. The molecule has 0 saturated carbocycles. The lowest BCUT2D eigenvalue weighted by molar-refractivity contribution is 0.0708. The topological polar surface area (TPSA) is 68.8 Å². The maximum Gasteiger partial charge on any atom is 0.255 e. The molecule has 3 aromatic rings. The molecule has 0 saturated heterocycles. The maximum absolute atomic E-state index is 12.8. The molecule has 128 valence electrons. The highest BCUT2D eigenvalue weighted by Gasteiger charge is 2.27. The Morgan fingerprint density at radius 1 is 1.20 bits per heavy atom. The zero-order chi connectivity index (χ0) is 17.6. The van der Waals surface area contributed by atoms with Gasteiger partial charge in [0.15, 0.2) is 11.6 Å². The Hall–Kier alpha value is -2.67. The summed E-state index contributed by atoms with van der Waals surface area (Å²) in [6, 6.07) is 7.38. The van der Waals surface area contributed by atoms with Gasteiger partial charge in [-0.25, -0.2) is 0 Å². The molecule has 0 N–H and O–H groups in total. The molecule has 3 heterocycles. The van der Waals surface area contributed by atoms with Crippen LogP contribution in [0.5, 0.6) is 0 Å². The molecule has 0 radical (unpaired) electrons. The van der Waals surface area contributed by atoms with Gasteiger partial charge in [0.1, 0.15) is 5.69 Å². The van der Waals surface area contributed by atoms with Crippen LogP contribution >= 0.6 is 11.6 Å². The van der Waals surface area contributed by atoms with Crippen molar-refractivity contribution in [3.8, 4) is 11.5 Å². The Bertz CT molecular complexity index is 960. The first-order chi connectivity index (χ1) is 12.0. The summed E-state index contributed by atoms with van der Waals surface area (Å²) in [6.07, 6.45) is 1.87. The van der Waals surface area contributed by atoms with Crippen LogP contribution in [-0.2, 0) is 20.1 Å². The van der Waals surface area contributed by atoms with Gasteiger partial charge in [-0.1, -0.05) is 17.7 Å². The van der Waals surface area contributed by atoms with E-state index in [0.29, 0.717) is 30.2 Å². The van der Waals surface area contributed by atoms with E-state index in [9.17, 15) is 4.79 Å². The Balaban J connectivity index is 1.59. The van der Waals surface area contributed by atoms with E-state index in [2.05, 4.69) is 15.3 Å². The molecular weight excluding hydrogens is 340 g/mol. The number of halogens is 1. The highest BCUT2D eigenvalue weighted by Crippen LogP contribution is 2.24. The van der Waals surface area contributed by atoms with E-state index < -0.39 is 0 Å². The van der Waals surface area contributed by atoms with Crippen molar-refractivity contribution in [3.05, 3.63) is 52.4 Å². The average molecular weight is 357 g/mol. The van der Waals surface area contributed by atoms with Gasteiger partial charge in [0.25, 0.3) is 5.91 Å². The number of nitrogens with zero attached hydrogens (tertiary/aromatic N) is 6. The molecule has 0 spiro atoms. The quantitative estimate of drug-likeness (QED) is 0.706. The van der Waals surface area contributed by atoms with Gasteiger partial charge in [-0.15, -0.1) is 10.2 Å². The van der Waals surface area contributed by atoms with Crippen molar-refractivity contribution in [3.63, 3.8) is 0 Å². The number of hydrogen-bond acceptors (Lipinski definition) is 4. The van der Waals surface area contributed by atoms with Gasteiger partial charge in [-0.05, 0) is 30.7 Å². The van der Waals surface area contributed by atoms with Crippen LogP contribution in [0.25, 0.3) is 11.5 Å². The molecule has 0 fully saturated rings. The number of carbonyl (C=O) groups is 1. The second kappa shape index (κ2) is 6.00. The normalized spacial score (nSPS) is 13.8. The molecular formula is C17H17ClN6O. The minimum atomic E-state index is -0.0846. The summed E-state index contributed by atoms with van der Waals surface area (Å²) >= 11 is 6.24. The van der Waals surface area contributed by atoms with E-state index in [1.807, 2.05) is 36.9 Å². The second-order valence-electron chi connectivity index (χ2n) is 6.18. The third-order valence-corrected chi connectivity index (χ3v) is 4.65. The molecule has 7 nitrogen and oxygen atoms in total. The third-order valence-electron chi connectivity index (χ3n) is 4.34. The van der Waals surface area contributed by atoms with Gasteiger partial charge in [0.2, 0.25) is 0 Å². The number of fused-ring (bicyclic) bond motifs is 1. The number of amides is 1. The van der Waals surface area contributed by atoms with Crippen LogP contribution in [0.4, 0.5) is 0 Å². The van der Waals surface area contributed by atoms with Gasteiger partial charge < -0.3 is 9.47 Å². The van der Waals surface area contributed by atoms with Crippen molar-refractivity contribution in [2.45, 2.75) is 20.0 Å². The molecule has 25 heavy (non-hydrogen) atoms. The van der Waals surface area contributed by atoms with E-state index in [-0.39, 0.29) is 5.91 Å². The highest BCUT2D eigenvalue weighted by atomic mass is 35.5. The Morgan fingerprint density at radius 3 is 2.76 bits per heavy atom. The Labute approximate surface area is 149 Å². The highest BCUT2D eigenvalue weighted by molar-refractivity contribution is 6.33. The molecule has 0 aliphatic carbocycles. The van der Waals surface area contributed by atoms with Gasteiger partial charge in [-0.3, -0.25) is 9.48 Å². The number of aromatic nitrogens is 5. The lowest BCUT2D eigenvalue weighted by atomic mass is 10.1. The van der Waals surface area contributed by atoms with Crippen molar-refractivity contribution < 1.29 is 4.79 Å². The first kappa shape index (κ1) is 15.8. The molecule has 1 aromatic carbocycles. The zero-order valence-corrected chi connectivity index (χ0v) is 14.7. The van der Waals surface area contributed by atoms with Crippen molar-refractivity contribution in [1.82, 2.24) is 29.4 Å². The van der Waals surface area contributed by atoms with Crippen LogP contribution in [0.1, 0.15) is 21.7 Å². The summed E-state index contributed by atoms with van der Waals surface area (Å²) < 4.78 is 3.75. The number of benzene rings is 1. The van der Waals surface area contributed by atoms with Crippen molar-refractivity contribution >= 4 is 17.5 Å². The molecule has 8 heteroatoms. The van der Waals surface area contributed by atoms with Crippen LogP contribution < -0.4 is 0 Å². The fraction of sp³-hybridized carbons (Fsp3) is 0.294. The van der Waals surface area contributed by atoms with Crippen molar-refractivity contribution in [2.24, 2.45) is 7.05 Å². The van der Waals surface area contributed by atoms with Crippen LogP contribution in [-0.4, -0.2) is 41.9 Å². The largest absolute Gasteiger partial charge is 0.329 e. The predicted molar refractivity (Wildman–Crippen MR) is 93.2 cm³/mol. The smallest absolute Gasteiger partial charge is 0.255 e. The van der Waals surface area contributed by atoms with Gasteiger partial charge in [-0.2, -0.15) is 5.10 Å². The minimum absolute atomic E-state index is 0.0846. The molecule has 0 bridgehead atoms. The summed E-state index contributed by atoms with van der Waals surface area (Å²) in [7, 11) is 1.86. The van der Waals surface area contributed by atoms with Crippen LogP contribution in [0, 0.1) is 6.92 Å². The SMILES string of the molecule is Cc1ccc(C(=O)N2CCn3c(nnc3-c3ccn(C)n3)C2)c(Cl)c1. The summed E-state index contributed by atoms with van der Waals surface area (Å²) in [6.45, 7) is 3.56. The zero-order valence-electron chi connectivity index (χ0n) is 14.0. The van der Waals surface area contributed by atoms with Crippen LogP contribution in [0.15, 0.2) is 30.5 Å². The number of aryl methyl sites for hydroxylation is 2. The fourth-order valence-electron chi connectivity index (χ4n) is 3.02. The lowest BCUT2D eigenvalue weighted by Gasteiger charge is -2.28. The number of carbonyl (C=O) groups excluding carboxylic acids is 1. The van der Waals surface area contributed by atoms with Gasteiger partial charge in [0, 0.05) is 26.3 Å². The maximum atomic E-state index is 12.8. The van der Waals surface area contributed by atoms with Crippen molar-refractivity contribution in [1.29, 1.82) is 0 Å². The number of rotatable bonds is 2. The summed E-state index contributed by atoms with van der Waals surface area (Å²) in [4.78, 5) is 14.5. The van der Waals surface area contributed by atoms with E-state index in [1.54, 1.807) is 21.7 Å². The van der Waals surface area contributed by atoms with Crippen molar-refractivity contribution in [2.75, 3.05) is 6.54 Å². The molecule has 4 rings (SSSR count). The molecule has 0 unspecified atom stereocenters. The predicted octanol–water partition coefficient (Wildman–Crippen LogP) is 2.30. The summed E-state index contributed by atoms with van der Waals surface area (Å²) in [5.41, 5.74) is 2.33. The van der Waals surface area contributed by atoms with E-state index in [1.165, 1.54) is 0 Å². The molecule has 0 atom stereocenters. The van der Waals surface area contributed by atoms with Crippen LogP contribution in [0.2, 0.25) is 5.02 Å². The van der Waals surface area contributed by atoms with Crippen LogP contribution in [0.3, 0.4) is 0 Å². The molecule has 1 amide bonds. The average Bonchev–Trinajstić information content (AvgIpc) is 3.19.